The molecule has 3 aromatic rings. The lowest BCUT2D eigenvalue weighted by Gasteiger charge is -2.26. The lowest BCUT2D eigenvalue weighted by atomic mass is 10.1. The molecule has 4 nitrogen and oxygen atoms in total. The van der Waals surface area contributed by atoms with E-state index < -0.39 is 46.8 Å². The van der Waals surface area contributed by atoms with Crippen LogP contribution in [-0.2, 0) is 19.5 Å². The van der Waals surface area contributed by atoms with E-state index in [0.29, 0.717) is 30.8 Å². The molecule has 4 rings (SSSR count). The predicted octanol–water partition coefficient (Wildman–Crippen LogP) is 3.40. The molecule has 0 amide bonds. The Bertz CT molecular complexity index is 1270. The number of rotatable bonds is 3. The van der Waals surface area contributed by atoms with Crippen LogP contribution >= 0.6 is 0 Å². The van der Waals surface area contributed by atoms with Gasteiger partial charge in [0, 0.05) is 30.6 Å². The maximum Gasteiger partial charge on any atom is 0.258 e. The van der Waals surface area contributed by atoms with Gasteiger partial charge in [-0.05, 0) is 12.1 Å². The minimum atomic E-state index is -2.24. The van der Waals surface area contributed by atoms with E-state index in [1.54, 1.807) is 0 Å². The fourth-order valence-corrected chi connectivity index (χ4v) is 3.49. The van der Waals surface area contributed by atoms with Gasteiger partial charge in [0.1, 0.15) is 0 Å². The quantitative estimate of drug-likeness (QED) is 0.269. The Morgan fingerprint density at radius 1 is 0.938 bits per heavy atom. The molecule has 0 saturated heterocycles. The van der Waals surface area contributed by atoms with Crippen molar-refractivity contribution in [3.05, 3.63) is 98.5 Å². The van der Waals surface area contributed by atoms with Crippen molar-refractivity contribution in [3.8, 4) is 11.8 Å². The standard InChI is InChI=1S/C23H16F5N3O/c24-18-16(19(25)21(27)22(28)20(18)26)12-31-13-29-17-8-10-30(11-15(17)23(31)32)9-4-7-14-5-2-1-3-6-14/h1-3,5-6,13H,8-12H2. The summed E-state index contributed by atoms with van der Waals surface area (Å²) in [6.45, 7) is 0.381. The number of hydrogen-bond acceptors (Lipinski definition) is 3. The molecule has 32 heavy (non-hydrogen) atoms. The SMILES string of the molecule is O=c1c2c(ncn1Cc1c(F)c(F)c(F)c(F)c1F)CCN(CC#Cc1ccccc1)C2. The molecule has 164 valence electrons. The van der Waals surface area contributed by atoms with E-state index in [2.05, 4.69) is 16.8 Å². The highest BCUT2D eigenvalue weighted by Gasteiger charge is 2.27. The lowest BCUT2D eigenvalue weighted by Crippen LogP contribution is -2.38. The first-order valence-corrected chi connectivity index (χ1v) is 9.70. The van der Waals surface area contributed by atoms with E-state index in [4.69, 9.17) is 0 Å². The summed E-state index contributed by atoms with van der Waals surface area (Å²) in [5, 5.41) is 0. The Morgan fingerprint density at radius 2 is 1.59 bits per heavy atom. The Balaban J connectivity index is 1.58. The van der Waals surface area contributed by atoms with Gasteiger partial charge in [-0.3, -0.25) is 14.3 Å². The number of halogens is 5. The molecule has 2 aromatic carbocycles. The number of fused-ring (bicyclic) bond motifs is 1. The van der Waals surface area contributed by atoms with E-state index in [-0.39, 0.29) is 6.54 Å². The summed E-state index contributed by atoms with van der Waals surface area (Å²) in [6.07, 6.45) is 1.53. The van der Waals surface area contributed by atoms with Crippen LogP contribution in [0.5, 0.6) is 0 Å². The van der Waals surface area contributed by atoms with Gasteiger partial charge < -0.3 is 0 Å². The number of aromatic nitrogens is 2. The fourth-order valence-electron chi connectivity index (χ4n) is 3.49. The van der Waals surface area contributed by atoms with E-state index in [0.717, 1.165) is 16.5 Å². The van der Waals surface area contributed by atoms with Crippen LogP contribution in [0.15, 0.2) is 41.5 Å². The number of benzene rings is 2. The molecule has 2 heterocycles. The van der Waals surface area contributed by atoms with Gasteiger partial charge in [0.05, 0.1) is 30.7 Å². The van der Waals surface area contributed by atoms with Crippen LogP contribution in [-0.4, -0.2) is 27.5 Å². The topological polar surface area (TPSA) is 38.1 Å². The van der Waals surface area contributed by atoms with Gasteiger partial charge in [0.15, 0.2) is 23.3 Å². The molecule has 0 unspecified atom stereocenters. The second-order valence-corrected chi connectivity index (χ2v) is 7.28. The minimum absolute atomic E-state index is 0.211. The van der Waals surface area contributed by atoms with Gasteiger partial charge in [-0.2, -0.15) is 0 Å². The van der Waals surface area contributed by atoms with Crippen LogP contribution in [0, 0.1) is 40.9 Å². The molecule has 1 aliphatic rings. The van der Waals surface area contributed by atoms with E-state index >= 15 is 0 Å². The van der Waals surface area contributed by atoms with Gasteiger partial charge in [0.2, 0.25) is 5.82 Å². The normalized spacial score (nSPS) is 13.4. The summed E-state index contributed by atoms with van der Waals surface area (Å²) in [7, 11) is 0. The zero-order valence-corrected chi connectivity index (χ0v) is 16.6. The zero-order valence-electron chi connectivity index (χ0n) is 16.6. The first kappa shape index (κ1) is 21.7. The van der Waals surface area contributed by atoms with E-state index in [1.165, 1.54) is 0 Å². The monoisotopic (exact) mass is 445 g/mol. The molecule has 0 aliphatic carbocycles. The van der Waals surface area contributed by atoms with Crippen LogP contribution in [0.3, 0.4) is 0 Å². The average molecular weight is 445 g/mol. The third kappa shape index (κ3) is 4.14. The second kappa shape index (κ2) is 8.93. The molecule has 0 saturated carbocycles. The molecule has 0 atom stereocenters. The van der Waals surface area contributed by atoms with E-state index in [1.807, 2.05) is 35.2 Å². The predicted molar refractivity (Wildman–Crippen MR) is 106 cm³/mol. The number of nitrogens with zero attached hydrogens (tertiary/aromatic N) is 3. The molecule has 0 N–H and O–H groups in total. The van der Waals surface area contributed by atoms with Crippen molar-refractivity contribution in [2.75, 3.05) is 13.1 Å². The Hall–Kier alpha value is -3.51. The molecule has 1 aliphatic heterocycles. The Labute approximate surface area is 179 Å². The summed E-state index contributed by atoms with van der Waals surface area (Å²) < 4.78 is 69.1. The summed E-state index contributed by atoms with van der Waals surface area (Å²) in [5.41, 5.74) is 0.0168. The lowest BCUT2D eigenvalue weighted by molar-refractivity contribution is 0.280. The van der Waals surface area contributed by atoms with Gasteiger partial charge >= 0.3 is 0 Å². The molecule has 0 radical (unpaired) electrons. The third-order valence-corrected chi connectivity index (χ3v) is 5.21. The number of hydrogen-bond donors (Lipinski definition) is 0. The fraction of sp³-hybridized carbons (Fsp3) is 0.217. The maximum absolute atomic E-state index is 14.0. The summed E-state index contributed by atoms with van der Waals surface area (Å²) in [6, 6.07) is 9.39. The largest absolute Gasteiger partial charge is 0.294 e. The highest BCUT2D eigenvalue weighted by Crippen LogP contribution is 2.23. The Kier molecular flexibility index (Phi) is 6.06. The molecule has 0 bridgehead atoms. The van der Waals surface area contributed by atoms with Crippen molar-refractivity contribution in [3.63, 3.8) is 0 Å². The first-order chi connectivity index (χ1) is 15.4. The van der Waals surface area contributed by atoms with E-state index in [9.17, 15) is 26.7 Å². The second-order valence-electron chi connectivity index (χ2n) is 7.28. The molecular weight excluding hydrogens is 429 g/mol. The highest BCUT2D eigenvalue weighted by molar-refractivity contribution is 5.34. The minimum Gasteiger partial charge on any atom is -0.294 e. The molecule has 1 aromatic heterocycles. The van der Waals surface area contributed by atoms with Crippen molar-refractivity contribution in [1.82, 2.24) is 14.5 Å². The molecule has 0 fully saturated rings. The summed E-state index contributed by atoms with van der Waals surface area (Å²) >= 11 is 0. The van der Waals surface area contributed by atoms with Gasteiger partial charge in [0.25, 0.3) is 5.56 Å². The smallest absolute Gasteiger partial charge is 0.258 e. The van der Waals surface area contributed by atoms with Crippen molar-refractivity contribution >= 4 is 0 Å². The summed E-state index contributed by atoms with van der Waals surface area (Å²) in [4.78, 5) is 18.9. The van der Waals surface area contributed by atoms with Crippen LogP contribution in [0.1, 0.15) is 22.4 Å². The van der Waals surface area contributed by atoms with Crippen molar-refractivity contribution in [2.45, 2.75) is 19.5 Å². The molecular formula is C23H16F5N3O. The van der Waals surface area contributed by atoms with Gasteiger partial charge in [-0.1, -0.05) is 30.0 Å². The molecule has 9 heteroatoms. The van der Waals surface area contributed by atoms with Crippen LogP contribution in [0.2, 0.25) is 0 Å². The third-order valence-electron chi connectivity index (χ3n) is 5.21. The zero-order chi connectivity index (χ0) is 22.8. The van der Waals surface area contributed by atoms with Crippen molar-refractivity contribution in [2.24, 2.45) is 0 Å². The van der Waals surface area contributed by atoms with Gasteiger partial charge in [-0.25, -0.2) is 26.9 Å². The Morgan fingerprint density at radius 3 is 2.28 bits per heavy atom. The first-order valence-electron chi connectivity index (χ1n) is 9.70. The van der Waals surface area contributed by atoms with Crippen molar-refractivity contribution in [1.29, 1.82) is 0 Å². The highest BCUT2D eigenvalue weighted by atomic mass is 19.2. The van der Waals surface area contributed by atoms with Gasteiger partial charge in [-0.15, -0.1) is 0 Å². The van der Waals surface area contributed by atoms with Crippen LogP contribution in [0.4, 0.5) is 22.0 Å². The molecule has 0 spiro atoms. The van der Waals surface area contributed by atoms with Crippen LogP contribution < -0.4 is 5.56 Å². The maximum atomic E-state index is 14.0. The van der Waals surface area contributed by atoms with Crippen molar-refractivity contribution < 1.29 is 22.0 Å². The average Bonchev–Trinajstić information content (AvgIpc) is 2.81. The van der Waals surface area contributed by atoms with Crippen LogP contribution in [0.25, 0.3) is 0 Å². The summed E-state index contributed by atoms with van der Waals surface area (Å²) in [5.74, 6) is -4.23.